The van der Waals surface area contributed by atoms with Crippen molar-refractivity contribution in [2.24, 2.45) is 0 Å². The molecule has 0 aliphatic carbocycles. The molecule has 0 aliphatic heterocycles. The summed E-state index contributed by atoms with van der Waals surface area (Å²) in [7, 11) is 0. The van der Waals surface area contributed by atoms with E-state index in [4.69, 9.17) is 11.6 Å². The van der Waals surface area contributed by atoms with Crippen molar-refractivity contribution in [1.29, 1.82) is 0 Å². The van der Waals surface area contributed by atoms with Crippen LogP contribution in [0.5, 0.6) is 0 Å². The molecule has 2 rings (SSSR count). The fourth-order valence-corrected chi connectivity index (χ4v) is 2.59. The smallest absolute Gasteiger partial charge is 0.207 e. The van der Waals surface area contributed by atoms with E-state index in [2.05, 4.69) is 0 Å². The number of hydrogen-bond acceptors (Lipinski definition) is 0. The Hall–Kier alpha value is -1.55. The summed E-state index contributed by atoms with van der Waals surface area (Å²) in [6.45, 7) is 0. The van der Waals surface area contributed by atoms with Crippen molar-refractivity contribution in [3.8, 4) is 0 Å². The second-order valence-corrected chi connectivity index (χ2v) is 5.44. The van der Waals surface area contributed by atoms with Gasteiger partial charge in [0.15, 0.2) is 0 Å². The van der Waals surface area contributed by atoms with E-state index in [1.807, 2.05) is 0 Å². The van der Waals surface area contributed by atoms with E-state index < -0.39 is 11.7 Å². The molecule has 5 heteroatoms. The molecule has 0 aliphatic rings. The minimum atomic E-state index is -4.38. The van der Waals surface area contributed by atoms with Gasteiger partial charge in [-0.25, -0.2) is 4.39 Å². The standard InChI is InChI=1S/C17H15ClF4/c18-10-2-5-16(12-6-8-15(19)9-7-12)13-3-1-4-14(11-13)17(20,21)22/h1,3-4,6-9,11,16H,2,5,10H2. The molecule has 0 bridgehead atoms. The molecule has 118 valence electrons. The highest BCUT2D eigenvalue weighted by molar-refractivity contribution is 6.17. The fraction of sp³-hybridized carbons (Fsp3) is 0.294. The van der Waals surface area contributed by atoms with Crippen molar-refractivity contribution in [1.82, 2.24) is 0 Å². The van der Waals surface area contributed by atoms with E-state index in [-0.39, 0.29) is 11.7 Å². The Kier molecular flexibility index (Phi) is 5.46. The summed E-state index contributed by atoms with van der Waals surface area (Å²) in [4.78, 5) is 0. The highest BCUT2D eigenvalue weighted by atomic mass is 35.5. The first-order chi connectivity index (χ1) is 10.4. The second-order valence-electron chi connectivity index (χ2n) is 5.06. The average Bonchev–Trinajstić information content (AvgIpc) is 2.49. The molecule has 0 heterocycles. The Morgan fingerprint density at radius 2 is 1.64 bits per heavy atom. The summed E-state index contributed by atoms with van der Waals surface area (Å²) in [5.41, 5.74) is 0.667. The lowest BCUT2D eigenvalue weighted by Gasteiger charge is -2.19. The number of halogens is 5. The SMILES string of the molecule is Fc1ccc(C(CCCCl)c2cccc(C(F)(F)F)c2)cc1. The van der Waals surface area contributed by atoms with Gasteiger partial charge in [-0.3, -0.25) is 0 Å². The van der Waals surface area contributed by atoms with Crippen LogP contribution in [0.1, 0.15) is 35.4 Å². The molecule has 1 atom stereocenters. The van der Waals surface area contributed by atoms with E-state index in [0.29, 0.717) is 24.3 Å². The van der Waals surface area contributed by atoms with Crippen LogP contribution in [0.15, 0.2) is 48.5 Å². The molecule has 0 fully saturated rings. The molecule has 0 saturated heterocycles. The zero-order valence-corrected chi connectivity index (χ0v) is 12.5. The largest absolute Gasteiger partial charge is 0.416 e. The van der Waals surface area contributed by atoms with E-state index in [9.17, 15) is 17.6 Å². The maximum atomic E-state index is 13.1. The van der Waals surface area contributed by atoms with Gasteiger partial charge in [0.25, 0.3) is 0 Å². The number of rotatable bonds is 5. The van der Waals surface area contributed by atoms with Crippen molar-refractivity contribution in [3.05, 3.63) is 71.0 Å². The lowest BCUT2D eigenvalue weighted by atomic mass is 9.87. The molecule has 0 amide bonds. The van der Waals surface area contributed by atoms with E-state index in [1.54, 1.807) is 18.2 Å². The Labute approximate surface area is 131 Å². The monoisotopic (exact) mass is 330 g/mol. The zero-order valence-electron chi connectivity index (χ0n) is 11.7. The average molecular weight is 331 g/mol. The molecule has 0 aromatic heterocycles. The van der Waals surface area contributed by atoms with E-state index >= 15 is 0 Å². The quantitative estimate of drug-likeness (QED) is 0.466. The van der Waals surface area contributed by atoms with Crippen molar-refractivity contribution < 1.29 is 17.6 Å². The Morgan fingerprint density at radius 3 is 2.23 bits per heavy atom. The highest BCUT2D eigenvalue weighted by Gasteiger charge is 2.31. The molecule has 0 saturated carbocycles. The summed E-state index contributed by atoms with van der Waals surface area (Å²) in [6.07, 6.45) is -3.11. The summed E-state index contributed by atoms with van der Waals surface area (Å²) >= 11 is 5.71. The first-order valence-corrected chi connectivity index (χ1v) is 7.44. The van der Waals surface area contributed by atoms with Gasteiger partial charge in [0, 0.05) is 11.8 Å². The van der Waals surface area contributed by atoms with Gasteiger partial charge in [-0.05, 0) is 42.2 Å². The van der Waals surface area contributed by atoms with Crippen LogP contribution in [0.25, 0.3) is 0 Å². The molecule has 2 aromatic rings. The van der Waals surface area contributed by atoms with Crippen LogP contribution < -0.4 is 0 Å². The summed E-state index contributed by atoms with van der Waals surface area (Å²) in [6, 6.07) is 11.1. The van der Waals surface area contributed by atoms with Gasteiger partial charge >= 0.3 is 6.18 Å². The number of hydrogen-bond donors (Lipinski definition) is 0. The third-order valence-electron chi connectivity index (χ3n) is 3.52. The predicted octanol–water partition coefficient (Wildman–Crippen LogP) is 6.00. The third kappa shape index (κ3) is 4.23. The van der Waals surface area contributed by atoms with Crippen LogP contribution in [0.3, 0.4) is 0 Å². The summed E-state index contributed by atoms with van der Waals surface area (Å²) in [5, 5.41) is 0. The molecule has 2 aromatic carbocycles. The number of benzene rings is 2. The Morgan fingerprint density at radius 1 is 0.955 bits per heavy atom. The molecule has 0 radical (unpaired) electrons. The molecule has 0 N–H and O–H groups in total. The van der Waals surface area contributed by atoms with Crippen LogP contribution in [0, 0.1) is 5.82 Å². The first-order valence-electron chi connectivity index (χ1n) is 6.90. The van der Waals surface area contributed by atoms with Gasteiger partial charge in [-0.1, -0.05) is 30.3 Å². The lowest BCUT2D eigenvalue weighted by molar-refractivity contribution is -0.137. The Balaban J connectivity index is 2.39. The predicted molar refractivity (Wildman–Crippen MR) is 79.6 cm³/mol. The van der Waals surface area contributed by atoms with Crippen molar-refractivity contribution in [3.63, 3.8) is 0 Å². The first kappa shape index (κ1) is 16.8. The molecule has 22 heavy (non-hydrogen) atoms. The highest BCUT2D eigenvalue weighted by Crippen LogP contribution is 2.34. The number of alkyl halides is 4. The molecule has 0 spiro atoms. The third-order valence-corrected chi connectivity index (χ3v) is 3.78. The molecule has 1 unspecified atom stereocenters. The minimum Gasteiger partial charge on any atom is -0.207 e. The van der Waals surface area contributed by atoms with Gasteiger partial charge in [0.05, 0.1) is 5.56 Å². The maximum Gasteiger partial charge on any atom is 0.416 e. The van der Waals surface area contributed by atoms with Crippen LogP contribution in [0.4, 0.5) is 17.6 Å². The lowest BCUT2D eigenvalue weighted by Crippen LogP contribution is -2.08. The summed E-state index contributed by atoms with van der Waals surface area (Å²) in [5.74, 6) is -0.179. The normalized spacial score (nSPS) is 13.1. The maximum absolute atomic E-state index is 13.1. The van der Waals surface area contributed by atoms with E-state index in [0.717, 1.165) is 17.7 Å². The van der Waals surface area contributed by atoms with Crippen LogP contribution in [-0.2, 0) is 6.18 Å². The van der Waals surface area contributed by atoms with Gasteiger partial charge in [-0.2, -0.15) is 13.2 Å². The Bertz CT molecular complexity index is 605. The summed E-state index contributed by atoms with van der Waals surface area (Å²) < 4.78 is 51.7. The van der Waals surface area contributed by atoms with Crippen LogP contribution >= 0.6 is 11.6 Å². The van der Waals surface area contributed by atoms with Crippen molar-refractivity contribution in [2.75, 3.05) is 5.88 Å². The van der Waals surface area contributed by atoms with Gasteiger partial charge in [-0.15, -0.1) is 11.6 Å². The van der Waals surface area contributed by atoms with Gasteiger partial charge in [0.1, 0.15) is 5.82 Å². The zero-order chi connectivity index (χ0) is 16.2. The van der Waals surface area contributed by atoms with Gasteiger partial charge < -0.3 is 0 Å². The van der Waals surface area contributed by atoms with Gasteiger partial charge in [0.2, 0.25) is 0 Å². The van der Waals surface area contributed by atoms with E-state index in [1.165, 1.54) is 18.2 Å². The van der Waals surface area contributed by atoms with Crippen molar-refractivity contribution in [2.45, 2.75) is 24.9 Å². The second kappa shape index (κ2) is 7.14. The topological polar surface area (TPSA) is 0 Å². The minimum absolute atomic E-state index is 0.235. The van der Waals surface area contributed by atoms with Crippen molar-refractivity contribution >= 4 is 11.6 Å². The van der Waals surface area contributed by atoms with Crippen LogP contribution in [0.2, 0.25) is 0 Å². The van der Waals surface area contributed by atoms with Crippen LogP contribution in [-0.4, -0.2) is 5.88 Å². The molecular weight excluding hydrogens is 316 g/mol. The molecular formula is C17H15ClF4. The fourth-order valence-electron chi connectivity index (χ4n) is 2.43. The molecule has 0 nitrogen and oxygen atoms in total.